The molecule has 0 unspecified atom stereocenters. The van der Waals surface area contributed by atoms with Crippen molar-refractivity contribution in [3.05, 3.63) is 0 Å². The minimum atomic E-state index is -0.842. The average Bonchev–Trinajstić information content (AvgIpc) is 2.14. The van der Waals surface area contributed by atoms with Crippen molar-refractivity contribution in [2.75, 3.05) is 6.54 Å². The maximum atomic E-state index is 11.9. The van der Waals surface area contributed by atoms with Gasteiger partial charge in [-0.05, 0) is 40.5 Å². The molecule has 1 saturated heterocycles. The molecule has 0 saturated carbocycles. The Labute approximate surface area is 102 Å². The van der Waals surface area contributed by atoms with Gasteiger partial charge in [0.15, 0.2) is 0 Å². The Kier molecular flexibility index (Phi) is 4.01. The number of carboxylic acid groups (broad SMARTS) is 1. The first-order valence-corrected chi connectivity index (χ1v) is 5.95. The summed E-state index contributed by atoms with van der Waals surface area (Å²) < 4.78 is 5.27. The normalized spacial score (nSPS) is 25.5. The summed E-state index contributed by atoms with van der Waals surface area (Å²) in [6.45, 7) is 7.73. The van der Waals surface area contributed by atoms with E-state index in [0.717, 1.165) is 0 Å². The summed E-state index contributed by atoms with van der Waals surface area (Å²) in [7, 11) is 0. The van der Waals surface area contributed by atoms with E-state index in [1.54, 1.807) is 27.7 Å². The number of ether oxygens (including phenoxy) is 1. The first-order chi connectivity index (χ1) is 7.72. The van der Waals surface area contributed by atoms with Crippen molar-refractivity contribution in [3.8, 4) is 0 Å². The molecule has 0 aromatic heterocycles. The molecule has 1 heterocycles. The molecule has 0 radical (unpaired) electrons. The second-order valence-corrected chi connectivity index (χ2v) is 5.50. The molecule has 1 N–H and O–H groups in total. The lowest BCUT2D eigenvalue weighted by Crippen LogP contribution is -2.50. The highest BCUT2D eigenvalue weighted by molar-refractivity contribution is 5.74. The van der Waals surface area contributed by atoms with Gasteiger partial charge in [-0.2, -0.15) is 0 Å². The first kappa shape index (κ1) is 13.8. The summed E-state index contributed by atoms with van der Waals surface area (Å²) >= 11 is 0. The maximum Gasteiger partial charge on any atom is 0.410 e. The van der Waals surface area contributed by atoms with Gasteiger partial charge in [-0.15, -0.1) is 0 Å². The molecule has 0 aromatic carbocycles. The number of amides is 1. The van der Waals surface area contributed by atoms with Crippen LogP contribution in [0.1, 0.15) is 40.5 Å². The van der Waals surface area contributed by atoms with E-state index in [4.69, 9.17) is 9.84 Å². The smallest absolute Gasteiger partial charge is 0.410 e. The van der Waals surface area contributed by atoms with Crippen molar-refractivity contribution in [3.63, 3.8) is 0 Å². The summed E-state index contributed by atoms with van der Waals surface area (Å²) in [5, 5.41) is 9.06. The van der Waals surface area contributed by atoms with Crippen molar-refractivity contribution < 1.29 is 19.4 Å². The molecule has 0 aliphatic carbocycles. The summed E-state index contributed by atoms with van der Waals surface area (Å²) in [5.74, 6) is -1.33. The van der Waals surface area contributed by atoms with Crippen molar-refractivity contribution in [2.45, 2.75) is 52.2 Å². The quantitative estimate of drug-likeness (QED) is 0.766. The number of aliphatic carboxylic acids is 1. The van der Waals surface area contributed by atoms with Gasteiger partial charge in [0.1, 0.15) is 5.60 Å². The van der Waals surface area contributed by atoms with Crippen LogP contribution in [0, 0.1) is 5.92 Å². The monoisotopic (exact) mass is 243 g/mol. The summed E-state index contributed by atoms with van der Waals surface area (Å²) in [5.41, 5.74) is -0.549. The van der Waals surface area contributed by atoms with Gasteiger partial charge < -0.3 is 14.7 Å². The summed E-state index contributed by atoms with van der Waals surface area (Å²) in [6, 6.07) is -0.309. The fourth-order valence-electron chi connectivity index (χ4n) is 2.05. The third-order valence-corrected chi connectivity index (χ3v) is 2.93. The molecule has 5 heteroatoms. The van der Waals surface area contributed by atoms with Crippen LogP contribution in [0.15, 0.2) is 0 Å². The predicted octanol–water partition coefficient (Wildman–Crippen LogP) is 2.11. The molecule has 17 heavy (non-hydrogen) atoms. The van der Waals surface area contributed by atoms with E-state index in [0.29, 0.717) is 19.4 Å². The molecule has 1 fully saturated rings. The summed E-state index contributed by atoms with van der Waals surface area (Å²) in [4.78, 5) is 24.5. The van der Waals surface area contributed by atoms with Crippen LogP contribution in [0.4, 0.5) is 4.79 Å². The number of likely N-dealkylation sites (tertiary alicyclic amines) is 1. The molecule has 5 nitrogen and oxygen atoms in total. The lowest BCUT2D eigenvalue weighted by molar-refractivity contribution is -0.145. The van der Waals surface area contributed by atoms with Gasteiger partial charge in [0.25, 0.3) is 0 Å². The number of rotatable bonds is 1. The fraction of sp³-hybridized carbons (Fsp3) is 0.833. The minimum absolute atomic E-state index is 0.309. The Morgan fingerprint density at radius 3 is 2.41 bits per heavy atom. The number of carboxylic acids is 1. The van der Waals surface area contributed by atoms with Crippen LogP contribution in [-0.2, 0) is 9.53 Å². The van der Waals surface area contributed by atoms with Crippen molar-refractivity contribution in [1.29, 1.82) is 0 Å². The van der Waals surface area contributed by atoms with Crippen LogP contribution in [0.25, 0.3) is 0 Å². The average molecular weight is 243 g/mol. The SMILES string of the molecule is C[C@@H]1[C@@H](C(=O)O)CCCN1C(=O)OC(C)(C)C. The van der Waals surface area contributed by atoms with Crippen LogP contribution in [0.5, 0.6) is 0 Å². The number of carbonyl (C=O) groups excluding carboxylic acids is 1. The van der Waals surface area contributed by atoms with Crippen LogP contribution in [-0.4, -0.2) is 40.3 Å². The third kappa shape index (κ3) is 3.61. The van der Waals surface area contributed by atoms with Gasteiger partial charge in [-0.25, -0.2) is 4.79 Å². The van der Waals surface area contributed by atoms with E-state index < -0.39 is 23.6 Å². The Morgan fingerprint density at radius 2 is 1.94 bits per heavy atom. The molecule has 98 valence electrons. The molecule has 1 aliphatic heterocycles. The number of hydrogen-bond acceptors (Lipinski definition) is 3. The van der Waals surface area contributed by atoms with Crippen LogP contribution < -0.4 is 0 Å². The molecular weight excluding hydrogens is 222 g/mol. The van der Waals surface area contributed by atoms with E-state index in [9.17, 15) is 9.59 Å². The van der Waals surface area contributed by atoms with E-state index in [1.165, 1.54) is 4.90 Å². The van der Waals surface area contributed by atoms with Crippen molar-refractivity contribution in [1.82, 2.24) is 4.90 Å². The molecule has 1 rings (SSSR count). The molecule has 2 atom stereocenters. The standard InChI is InChI=1S/C12H21NO4/c1-8-9(10(14)15)6-5-7-13(8)11(16)17-12(2,3)4/h8-9H,5-7H2,1-4H3,(H,14,15)/t8-,9+/m1/s1. The highest BCUT2D eigenvalue weighted by atomic mass is 16.6. The summed E-state index contributed by atoms with van der Waals surface area (Å²) in [6.07, 6.45) is 0.909. The third-order valence-electron chi connectivity index (χ3n) is 2.93. The van der Waals surface area contributed by atoms with Gasteiger partial charge in [0, 0.05) is 12.6 Å². The number of hydrogen-bond donors (Lipinski definition) is 1. The second kappa shape index (κ2) is 4.94. The van der Waals surface area contributed by atoms with E-state index in [1.807, 2.05) is 0 Å². The molecule has 0 aromatic rings. The number of piperidine rings is 1. The zero-order chi connectivity index (χ0) is 13.2. The lowest BCUT2D eigenvalue weighted by atomic mass is 9.91. The highest BCUT2D eigenvalue weighted by Crippen LogP contribution is 2.25. The Bertz CT molecular complexity index is 308. The topological polar surface area (TPSA) is 66.8 Å². The fourth-order valence-corrected chi connectivity index (χ4v) is 2.05. The van der Waals surface area contributed by atoms with Crippen LogP contribution >= 0.6 is 0 Å². The second-order valence-electron chi connectivity index (χ2n) is 5.50. The molecular formula is C12H21NO4. The van der Waals surface area contributed by atoms with Gasteiger partial charge in [-0.1, -0.05) is 0 Å². The van der Waals surface area contributed by atoms with Gasteiger partial charge in [0.2, 0.25) is 0 Å². The van der Waals surface area contributed by atoms with Crippen LogP contribution in [0.3, 0.4) is 0 Å². The van der Waals surface area contributed by atoms with Crippen molar-refractivity contribution in [2.24, 2.45) is 5.92 Å². The van der Waals surface area contributed by atoms with E-state index >= 15 is 0 Å². The van der Waals surface area contributed by atoms with Crippen molar-refractivity contribution >= 4 is 12.1 Å². The largest absolute Gasteiger partial charge is 0.481 e. The zero-order valence-electron chi connectivity index (χ0n) is 10.9. The molecule has 0 bridgehead atoms. The Morgan fingerprint density at radius 1 is 1.35 bits per heavy atom. The zero-order valence-corrected chi connectivity index (χ0v) is 10.9. The highest BCUT2D eigenvalue weighted by Gasteiger charge is 2.37. The van der Waals surface area contributed by atoms with E-state index in [-0.39, 0.29) is 6.04 Å². The molecule has 0 spiro atoms. The van der Waals surface area contributed by atoms with Gasteiger partial charge in [0.05, 0.1) is 5.92 Å². The first-order valence-electron chi connectivity index (χ1n) is 5.95. The number of carbonyl (C=O) groups is 2. The minimum Gasteiger partial charge on any atom is -0.481 e. The predicted molar refractivity (Wildman–Crippen MR) is 62.8 cm³/mol. The Hall–Kier alpha value is -1.26. The molecule has 1 aliphatic rings. The maximum absolute atomic E-state index is 11.9. The Balaban J connectivity index is 2.70. The van der Waals surface area contributed by atoms with Crippen LogP contribution in [0.2, 0.25) is 0 Å². The lowest BCUT2D eigenvalue weighted by Gasteiger charge is -2.38. The molecule has 1 amide bonds. The van der Waals surface area contributed by atoms with Gasteiger partial charge >= 0.3 is 12.1 Å². The van der Waals surface area contributed by atoms with Gasteiger partial charge in [-0.3, -0.25) is 4.79 Å². The number of nitrogens with zero attached hydrogens (tertiary/aromatic N) is 1. The van der Waals surface area contributed by atoms with E-state index in [2.05, 4.69) is 0 Å².